The molecule has 0 fully saturated rings. The zero-order valence-corrected chi connectivity index (χ0v) is 20.6. The largest absolute Gasteiger partial charge is 0.493 e. The van der Waals surface area contributed by atoms with Crippen LogP contribution in [0.1, 0.15) is 41.9 Å². The molecule has 4 rings (SSSR count). The molecule has 2 N–H and O–H groups in total. The molecule has 0 bridgehead atoms. The maximum atomic E-state index is 12.8. The number of H-pyrrole nitrogens is 1. The molecule has 0 radical (unpaired) electrons. The van der Waals surface area contributed by atoms with Gasteiger partial charge in [-0.25, -0.2) is 9.99 Å². The van der Waals surface area contributed by atoms with Gasteiger partial charge in [-0.05, 0) is 49.2 Å². The number of amides is 2. The van der Waals surface area contributed by atoms with E-state index in [0.717, 1.165) is 23.3 Å². The summed E-state index contributed by atoms with van der Waals surface area (Å²) < 4.78 is 11.1. The second kappa shape index (κ2) is 11.1. The summed E-state index contributed by atoms with van der Waals surface area (Å²) >= 11 is 1.27. The van der Waals surface area contributed by atoms with Crippen LogP contribution in [0.3, 0.4) is 0 Å². The maximum Gasteiger partial charge on any atom is 0.302 e. The van der Waals surface area contributed by atoms with E-state index in [0.29, 0.717) is 36.0 Å². The molecule has 0 saturated heterocycles. The van der Waals surface area contributed by atoms with Crippen molar-refractivity contribution >= 4 is 34.3 Å². The minimum atomic E-state index is -0.299. The number of aromatic nitrogens is 2. The molecule has 9 nitrogen and oxygen atoms in total. The Kier molecular flexibility index (Phi) is 7.71. The molecule has 2 amide bonds. The first-order valence-corrected chi connectivity index (χ1v) is 12.2. The topological polar surface area (TPSA) is 109 Å². The summed E-state index contributed by atoms with van der Waals surface area (Å²) in [5.74, 6) is 0.999. The lowest BCUT2D eigenvalue weighted by Crippen LogP contribution is -2.34. The number of anilines is 1. The first-order chi connectivity index (χ1) is 17.0. The monoisotopic (exact) mass is 493 g/mol. The molecule has 1 atom stereocenters. The average Bonchev–Trinajstić information content (AvgIpc) is 3.42. The van der Waals surface area contributed by atoms with Crippen molar-refractivity contribution in [2.45, 2.75) is 32.1 Å². The van der Waals surface area contributed by atoms with Crippen molar-refractivity contribution in [1.29, 1.82) is 0 Å². The maximum absolute atomic E-state index is 12.8. The molecule has 2 aromatic carbocycles. The number of hydrogen-bond donors (Lipinski definition) is 2. The lowest BCUT2D eigenvalue weighted by molar-refractivity contribution is 0.102. The summed E-state index contributed by atoms with van der Waals surface area (Å²) in [5.41, 5.74) is 3.55. The van der Waals surface area contributed by atoms with Crippen LogP contribution in [0.2, 0.25) is 0 Å². The Morgan fingerprint density at radius 3 is 2.63 bits per heavy atom. The van der Waals surface area contributed by atoms with E-state index in [1.165, 1.54) is 29.3 Å². The summed E-state index contributed by atoms with van der Waals surface area (Å²) in [5, 5.41) is 8.86. The highest BCUT2D eigenvalue weighted by Crippen LogP contribution is 2.34. The molecule has 0 spiro atoms. The van der Waals surface area contributed by atoms with Crippen molar-refractivity contribution in [3.05, 3.63) is 71.8 Å². The molecule has 2 heterocycles. The van der Waals surface area contributed by atoms with Gasteiger partial charge in [-0.2, -0.15) is 5.10 Å². The highest BCUT2D eigenvalue weighted by atomic mass is 32.2. The van der Waals surface area contributed by atoms with Gasteiger partial charge in [0.1, 0.15) is 5.69 Å². The van der Waals surface area contributed by atoms with E-state index < -0.39 is 0 Å². The zero-order chi connectivity index (χ0) is 24.8. The van der Waals surface area contributed by atoms with Gasteiger partial charge in [0.25, 0.3) is 5.91 Å². The summed E-state index contributed by atoms with van der Waals surface area (Å²) in [4.78, 5) is 31.7. The van der Waals surface area contributed by atoms with Gasteiger partial charge >= 0.3 is 5.24 Å². The summed E-state index contributed by atoms with van der Waals surface area (Å²) in [6.07, 6.45) is 3.75. The number of methoxy groups -OCH3 is 1. The van der Waals surface area contributed by atoms with Crippen LogP contribution in [0, 0.1) is 0 Å². The third kappa shape index (κ3) is 5.65. The smallest absolute Gasteiger partial charge is 0.302 e. The number of aromatic amines is 1. The van der Waals surface area contributed by atoms with Crippen LogP contribution in [0.15, 0.2) is 60.1 Å². The number of imidazole rings is 1. The Morgan fingerprint density at radius 2 is 1.97 bits per heavy atom. The van der Waals surface area contributed by atoms with Gasteiger partial charge in [-0.1, -0.05) is 30.8 Å². The van der Waals surface area contributed by atoms with Gasteiger partial charge in [-0.15, -0.1) is 0 Å². The van der Waals surface area contributed by atoms with Gasteiger partial charge in [0.15, 0.2) is 11.5 Å². The van der Waals surface area contributed by atoms with Crippen LogP contribution in [-0.4, -0.2) is 50.8 Å². The number of hydrazone groups is 1. The van der Waals surface area contributed by atoms with Crippen LogP contribution in [0.5, 0.6) is 11.5 Å². The fraction of sp³-hybridized carbons (Fsp3) is 0.280. The number of nitrogens with one attached hydrogen (secondary N) is 2. The molecular weight excluding hydrogens is 466 g/mol. The Morgan fingerprint density at radius 1 is 1.17 bits per heavy atom. The molecule has 182 valence electrons. The Labute approximate surface area is 207 Å². The number of nitrogens with zero attached hydrogens (tertiary/aromatic N) is 3. The first-order valence-electron chi connectivity index (χ1n) is 11.3. The van der Waals surface area contributed by atoms with E-state index in [1.807, 2.05) is 44.2 Å². The lowest BCUT2D eigenvalue weighted by Gasteiger charge is -2.28. The number of ether oxygens (including phenoxy) is 2. The van der Waals surface area contributed by atoms with E-state index in [1.54, 1.807) is 19.2 Å². The summed E-state index contributed by atoms with van der Waals surface area (Å²) in [6, 6.07) is 13.0. The molecule has 0 saturated carbocycles. The number of rotatable bonds is 9. The van der Waals surface area contributed by atoms with E-state index in [9.17, 15) is 9.59 Å². The standard InChI is InChI=1S/C25H27N5O4S/c1-4-22-23(17-8-11-20(33-3)21(12-17)34-5-2)29-30(25(32)35-22)14-16-6-9-18(10-7-16)28-24(31)19-13-26-15-27-19/h6-13,15,22H,4-5,14H2,1-3H3,(H,26,27)(H,28,31). The van der Waals surface area contributed by atoms with Crippen molar-refractivity contribution in [3.8, 4) is 11.5 Å². The normalized spacial score (nSPS) is 15.5. The van der Waals surface area contributed by atoms with Gasteiger partial charge in [0.05, 0.1) is 37.6 Å². The van der Waals surface area contributed by atoms with E-state index in [2.05, 4.69) is 15.3 Å². The van der Waals surface area contributed by atoms with Gasteiger partial charge in [0, 0.05) is 17.4 Å². The van der Waals surface area contributed by atoms with Crippen LogP contribution in [-0.2, 0) is 6.54 Å². The van der Waals surface area contributed by atoms with Crippen LogP contribution >= 0.6 is 11.8 Å². The van der Waals surface area contributed by atoms with Gasteiger partial charge < -0.3 is 19.8 Å². The molecule has 1 aromatic heterocycles. The quantitative estimate of drug-likeness (QED) is 0.438. The number of carbonyl (C=O) groups excluding carboxylic acids is 2. The molecule has 1 aliphatic rings. The van der Waals surface area contributed by atoms with E-state index >= 15 is 0 Å². The summed E-state index contributed by atoms with van der Waals surface area (Å²) in [6.45, 7) is 4.79. The lowest BCUT2D eigenvalue weighted by atomic mass is 10.0. The third-order valence-corrected chi connectivity index (χ3v) is 6.65. The van der Waals surface area contributed by atoms with Crippen LogP contribution in [0.25, 0.3) is 0 Å². The minimum Gasteiger partial charge on any atom is -0.493 e. The average molecular weight is 494 g/mol. The van der Waals surface area contributed by atoms with Crippen molar-refractivity contribution < 1.29 is 19.1 Å². The second-order valence-electron chi connectivity index (χ2n) is 7.73. The number of carbonyl (C=O) groups is 2. The number of thioether (sulfide) groups is 1. The predicted molar refractivity (Wildman–Crippen MR) is 136 cm³/mol. The van der Waals surface area contributed by atoms with Crippen molar-refractivity contribution in [3.63, 3.8) is 0 Å². The number of benzene rings is 2. The second-order valence-corrected chi connectivity index (χ2v) is 8.88. The molecule has 1 aliphatic heterocycles. The van der Waals surface area contributed by atoms with Gasteiger partial charge in [0.2, 0.25) is 0 Å². The molecule has 10 heteroatoms. The SMILES string of the molecule is CCOc1cc(C2=NN(Cc3ccc(NC(=O)c4c[nH]cn4)cc3)C(=O)SC2CC)ccc1OC. The highest BCUT2D eigenvalue weighted by Gasteiger charge is 2.30. The van der Waals surface area contributed by atoms with E-state index in [4.69, 9.17) is 14.6 Å². The van der Waals surface area contributed by atoms with E-state index in [-0.39, 0.29) is 16.4 Å². The first kappa shape index (κ1) is 24.3. The predicted octanol–water partition coefficient (Wildman–Crippen LogP) is 4.92. The minimum absolute atomic E-state index is 0.0544. The van der Waals surface area contributed by atoms with Crippen molar-refractivity contribution in [1.82, 2.24) is 15.0 Å². The Bertz CT molecular complexity index is 1210. The zero-order valence-electron chi connectivity index (χ0n) is 19.8. The van der Waals surface area contributed by atoms with Crippen LogP contribution < -0.4 is 14.8 Å². The fourth-order valence-electron chi connectivity index (χ4n) is 3.64. The van der Waals surface area contributed by atoms with Crippen LogP contribution in [0.4, 0.5) is 10.5 Å². The molecule has 0 aliphatic carbocycles. The molecular formula is C25H27N5O4S. The molecule has 35 heavy (non-hydrogen) atoms. The fourth-order valence-corrected chi connectivity index (χ4v) is 4.58. The van der Waals surface area contributed by atoms with Gasteiger partial charge in [-0.3, -0.25) is 9.59 Å². The number of hydrogen-bond acceptors (Lipinski definition) is 7. The van der Waals surface area contributed by atoms with Crippen molar-refractivity contribution in [2.75, 3.05) is 19.0 Å². The third-order valence-electron chi connectivity index (χ3n) is 5.39. The Hall–Kier alpha value is -3.79. The molecule has 1 unspecified atom stereocenters. The highest BCUT2D eigenvalue weighted by molar-refractivity contribution is 8.14. The molecule has 3 aromatic rings. The summed E-state index contributed by atoms with van der Waals surface area (Å²) in [7, 11) is 1.61. The Balaban J connectivity index is 1.53. The van der Waals surface area contributed by atoms with Crippen molar-refractivity contribution in [2.24, 2.45) is 5.10 Å².